The molecule has 0 aromatic heterocycles. The number of Topliss-reactive ketones (excluding diaryl/α,β-unsaturated/α-hetero) is 1. The topological polar surface area (TPSA) is 54.5 Å². The van der Waals surface area contributed by atoms with E-state index in [9.17, 15) is 13.2 Å². The highest BCUT2D eigenvalue weighted by Gasteiger charge is 2.47. The smallest absolute Gasteiger partial charge is 0.243 e. The third kappa shape index (κ3) is 2.82. The molecule has 0 N–H and O–H groups in total. The molecule has 0 aliphatic carbocycles. The van der Waals surface area contributed by atoms with Crippen LogP contribution < -0.4 is 0 Å². The van der Waals surface area contributed by atoms with Crippen LogP contribution in [0.1, 0.15) is 29.3 Å². The molecule has 4 nitrogen and oxygen atoms in total. The number of hydrogen-bond donors (Lipinski definition) is 0. The molecule has 120 valence electrons. The first kappa shape index (κ1) is 15.9. The highest BCUT2D eigenvalue weighted by Crippen LogP contribution is 2.34. The molecular weight excluding hydrogens is 310 g/mol. The molecule has 0 saturated carbocycles. The summed E-state index contributed by atoms with van der Waals surface area (Å²) in [4.78, 5) is 12.8. The van der Waals surface area contributed by atoms with E-state index in [1.54, 1.807) is 48.5 Å². The van der Waals surface area contributed by atoms with Crippen LogP contribution >= 0.6 is 0 Å². The quantitative estimate of drug-likeness (QED) is 0.810. The van der Waals surface area contributed by atoms with E-state index >= 15 is 0 Å². The second-order valence-corrected chi connectivity index (χ2v) is 7.82. The van der Waals surface area contributed by atoms with Gasteiger partial charge in [0.05, 0.1) is 10.9 Å². The molecule has 5 heteroatoms. The summed E-state index contributed by atoms with van der Waals surface area (Å²) in [5, 5.41) is 0. The van der Waals surface area contributed by atoms with Crippen LogP contribution in [0, 0.1) is 6.92 Å². The molecule has 1 aliphatic heterocycles. The Hall–Kier alpha value is -1.98. The van der Waals surface area contributed by atoms with Gasteiger partial charge in [0, 0.05) is 11.6 Å². The normalized spacial score (nSPS) is 21.7. The van der Waals surface area contributed by atoms with Gasteiger partial charge in [0.1, 0.15) is 0 Å². The highest BCUT2D eigenvalue weighted by atomic mass is 32.2. The number of carbonyl (C=O) groups is 1. The number of hydrogen-bond acceptors (Lipinski definition) is 3. The third-order valence-corrected chi connectivity index (χ3v) is 6.30. The Labute approximate surface area is 136 Å². The van der Waals surface area contributed by atoms with E-state index in [-0.39, 0.29) is 16.7 Å². The standard InChI is InChI=1S/C18H19NO3S/c1-13-8-10-16(11-9-13)23(21,22)19-14(2)12-17(19)18(20)15-6-4-3-5-7-15/h3-11,14,17H,12H2,1-2H3/t14-,17-/m0/s1. The molecule has 0 amide bonds. The van der Waals surface area contributed by atoms with Gasteiger partial charge in [0.15, 0.2) is 5.78 Å². The number of carbonyl (C=O) groups excluding carboxylic acids is 1. The van der Waals surface area contributed by atoms with Crippen LogP contribution in [0.15, 0.2) is 59.5 Å². The molecule has 0 bridgehead atoms. The summed E-state index contributed by atoms with van der Waals surface area (Å²) in [5.74, 6) is -0.139. The molecule has 0 unspecified atom stereocenters. The van der Waals surface area contributed by atoms with Crippen molar-refractivity contribution in [2.45, 2.75) is 37.2 Å². The fourth-order valence-corrected chi connectivity index (χ4v) is 4.75. The molecule has 0 radical (unpaired) electrons. The lowest BCUT2D eigenvalue weighted by Gasteiger charge is -2.44. The van der Waals surface area contributed by atoms with Gasteiger partial charge >= 0.3 is 0 Å². The minimum Gasteiger partial charge on any atom is -0.292 e. The summed E-state index contributed by atoms with van der Waals surface area (Å²) in [6, 6.07) is 14.8. The molecule has 0 spiro atoms. The lowest BCUT2D eigenvalue weighted by molar-refractivity contribution is 0.0674. The van der Waals surface area contributed by atoms with Gasteiger partial charge in [-0.3, -0.25) is 4.79 Å². The fourth-order valence-electron chi connectivity index (χ4n) is 2.95. The van der Waals surface area contributed by atoms with Crippen molar-refractivity contribution in [3.63, 3.8) is 0 Å². The molecule has 23 heavy (non-hydrogen) atoms. The van der Waals surface area contributed by atoms with Crippen LogP contribution in [0.3, 0.4) is 0 Å². The zero-order valence-electron chi connectivity index (χ0n) is 13.1. The van der Waals surface area contributed by atoms with Crippen LogP contribution in [0.5, 0.6) is 0 Å². The largest absolute Gasteiger partial charge is 0.292 e. The Bertz CT molecular complexity index is 813. The van der Waals surface area contributed by atoms with Crippen LogP contribution in [0.4, 0.5) is 0 Å². The van der Waals surface area contributed by atoms with Crippen LogP contribution in [-0.2, 0) is 10.0 Å². The van der Waals surface area contributed by atoms with Gasteiger partial charge in [0.25, 0.3) is 0 Å². The Balaban J connectivity index is 1.91. The van der Waals surface area contributed by atoms with Gasteiger partial charge in [-0.2, -0.15) is 4.31 Å². The Morgan fingerprint density at radius 3 is 2.22 bits per heavy atom. The number of sulfonamides is 1. The lowest BCUT2D eigenvalue weighted by atomic mass is 9.91. The summed E-state index contributed by atoms with van der Waals surface area (Å²) in [6.07, 6.45) is 0.554. The molecule has 2 atom stereocenters. The van der Waals surface area contributed by atoms with Crippen molar-refractivity contribution in [2.75, 3.05) is 0 Å². The SMILES string of the molecule is Cc1ccc(S(=O)(=O)N2[C@@H](C)C[C@H]2C(=O)c2ccccc2)cc1. The average molecular weight is 329 g/mol. The first-order chi connectivity index (χ1) is 10.9. The van der Waals surface area contributed by atoms with Gasteiger partial charge in [0.2, 0.25) is 10.0 Å². The third-order valence-electron chi connectivity index (χ3n) is 4.26. The molecule has 1 heterocycles. The van der Waals surface area contributed by atoms with Crippen molar-refractivity contribution >= 4 is 15.8 Å². The molecule has 3 rings (SSSR count). The van der Waals surface area contributed by atoms with Crippen molar-refractivity contribution in [3.05, 3.63) is 65.7 Å². The average Bonchev–Trinajstić information content (AvgIpc) is 2.52. The summed E-state index contributed by atoms with van der Waals surface area (Å²) in [5.41, 5.74) is 1.55. The van der Waals surface area contributed by atoms with Crippen molar-refractivity contribution in [3.8, 4) is 0 Å². The first-order valence-corrected chi connectivity index (χ1v) is 9.05. The van der Waals surface area contributed by atoms with E-state index in [1.165, 1.54) is 4.31 Å². The number of ketones is 1. The number of aryl methyl sites for hydroxylation is 1. The minimum absolute atomic E-state index is 0.139. The highest BCUT2D eigenvalue weighted by molar-refractivity contribution is 7.89. The van der Waals surface area contributed by atoms with Crippen molar-refractivity contribution in [2.24, 2.45) is 0 Å². The zero-order valence-corrected chi connectivity index (χ0v) is 14.0. The van der Waals surface area contributed by atoms with Crippen molar-refractivity contribution in [1.82, 2.24) is 4.31 Å². The van der Waals surface area contributed by atoms with E-state index in [1.807, 2.05) is 19.9 Å². The second-order valence-electron chi connectivity index (χ2n) is 5.98. The van der Waals surface area contributed by atoms with E-state index in [4.69, 9.17) is 0 Å². The Morgan fingerprint density at radius 1 is 1.04 bits per heavy atom. The summed E-state index contributed by atoms with van der Waals surface area (Å²) in [7, 11) is -3.66. The minimum atomic E-state index is -3.66. The van der Waals surface area contributed by atoms with Crippen molar-refractivity contribution in [1.29, 1.82) is 0 Å². The van der Waals surface area contributed by atoms with Crippen molar-refractivity contribution < 1.29 is 13.2 Å². The summed E-state index contributed by atoms with van der Waals surface area (Å²) in [6.45, 7) is 3.74. The van der Waals surface area contributed by atoms with Crippen LogP contribution in [0.2, 0.25) is 0 Å². The molecule has 1 fully saturated rings. The van der Waals surface area contributed by atoms with Crippen LogP contribution in [-0.4, -0.2) is 30.6 Å². The number of nitrogens with zero attached hydrogens (tertiary/aromatic N) is 1. The number of benzene rings is 2. The van der Waals surface area contributed by atoms with Gasteiger partial charge in [-0.15, -0.1) is 0 Å². The van der Waals surface area contributed by atoms with E-state index in [2.05, 4.69) is 0 Å². The molecule has 1 aliphatic rings. The van der Waals surface area contributed by atoms with Gasteiger partial charge in [-0.25, -0.2) is 8.42 Å². The first-order valence-electron chi connectivity index (χ1n) is 7.61. The predicted molar refractivity (Wildman–Crippen MR) is 88.8 cm³/mol. The van der Waals surface area contributed by atoms with Gasteiger partial charge < -0.3 is 0 Å². The fraction of sp³-hybridized carbons (Fsp3) is 0.278. The Morgan fingerprint density at radius 2 is 1.65 bits per heavy atom. The maximum atomic E-state index is 12.9. The maximum absolute atomic E-state index is 12.9. The molecule has 2 aromatic carbocycles. The van der Waals surface area contributed by atoms with Gasteiger partial charge in [-0.1, -0.05) is 48.0 Å². The molecular formula is C18H19NO3S. The van der Waals surface area contributed by atoms with E-state index < -0.39 is 16.1 Å². The monoisotopic (exact) mass is 329 g/mol. The predicted octanol–water partition coefficient (Wildman–Crippen LogP) is 3.03. The number of rotatable bonds is 4. The maximum Gasteiger partial charge on any atom is 0.243 e. The zero-order chi connectivity index (χ0) is 16.6. The van der Waals surface area contributed by atoms with E-state index in [0.717, 1.165) is 5.56 Å². The molecule has 1 saturated heterocycles. The molecule has 2 aromatic rings. The summed E-state index contributed by atoms with van der Waals surface area (Å²) >= 11 is 0. The second kappa shape index (κ2) is 5.91. The van der Waals surface area contributed by atoms with E-state index in [0.29, 0.717) is 12.0 Å². The summed E-state index contributed by atoms with van der Waals surface area (Å²) < 4.78 is 27.1. The Kier molecular flexibility index (Phi) is 4.08. The lowest BCUT2D eigenvalue weighted by Crippen LogP contribution is -2.60. The van der Waals surface area contributed by atoms with Gasteiger partial charge in [-0.05, 0) is 32.4 Å². The van der Waals surface area contributed by atoms with Crippen LogP contribution in [0.25, 0.3) is 0 Å².